The number of H-pyrrole nitrogens is 1. The molecule has 69 heavy (non-hydrogen) atoms. The van der Waals surface area contributed by atoms with Gasteiger partial charge in [-0.3, -0.25) is 34.6 Å². The maximum absolute atomic E-state index is 13.4. The molecule has 5 aromatic rings. The Morgan fingerprint density at radius 2 is 1.65 bits per heavy atom. The molecule has 1 aliphatic rings. The zero-order valence-electron chi connectivity index (χ0n) is 40.9. The summed E-state index contributed by atoms with van der Waals surface area (Å²) in [5.74, 6) is 0.0923. The minimum Gasteiger partial charge on any atom is -0.496 e. The van der Waals surface area contributed by atoms with Crippen molar-refractivity contribution in [1.29, 1.82) is 0 Å². The fourth-order valence-corrected chi connectivity index (χ4v) is 8.11. The van der Waals surface area contributed by atoms with E-state index in [4.69, 9.17) is 18.6 Å². The number of Topliss-reactive ketones (excluding diaryl/α,β-unsaturated/α-hetero) is 1. The second-order valence-electron chi connectivity index (χ2n) is 19.5. The average molecular weight is 957 g/mol. The summed E-state index contributed by atoms with van der Waals surface area (Å²) < 4.78 is 26.2. The number of fused-ring (bicyclic) bond motifs is 1. The third-order valence-electron chi connectivity index (χ3n) is 12.5. The van der Waals surface area contributed by atoms with Gasteiger partial charge in [0.1, 0.15) is 23.0 Å². The number of nitrogens with one attached hydrogen (secondary N) is 4. The van der Waals surface area contributed by atoms with Crippen LogP contribution in [0.1, 0.15) is 103 Å². The van der Waals surface area contributed by atoms with Gasteiger partial charge in [-0.15, -0.1) is 5.10 Å². The van der Waals surface area contributed by atoms with Gasteiger partial charge >= 0.3 is 0 Å². The van der Waals surface area contributed by atoms with E-state index < -0.39 is 43.8 Å². The molecule has 3 aromatic heterocycles. The molecular weight excluding hydrogens is 893 g/mol. The van der Waals surface area contributed by atoms with E-state index in [1.807, 2.05) is 67.7 Å². The Kier molecular flexibility index (Phi) is 15.9. The molecule has 1 saturated heterocycles. The highest BCUT2D eigenvalue weighted by molar-refractivity contribution is 6.45. The first-order valence-corrected chi connectivity index (χ1v) is 23.0. The molecule has 1 unspecified atom stereocenters. The molecule has 0 bridgehead atoms. The Balaban J connectivity index is 0.971. The molecule has 1 aliphatic heterocycles. The van der Waals surface area contributed by atoms with Crippen LogP contribution < -0.4 is 20.7 Å². The first kappa shape index (κ1) is 51.7. The van der Waals surface area contributed by atoms with Crippen molar-refractivity contribution in [1.82, 2.24) is 35.5 Å². The molecule has 2 aromatic carbocycles. The van der Waals surface area contributed by atoms with Gasteiger partial charge in [0.15, 0.2) is 0 Å². The first-order valence-electron chi connectivity index (χ1n) is 23.0. The van der Waals surface area contributed by atoms with E-state index in [-0.39, 0.29) is 41.5 Å². The zero-order valence-corrected chi connectivity index (χ0v) is 40.9. The molecule has 372 valence electrons. The number of non-ortho nitro benzene ring substituents is 1. The van der Waals surface area contributed by atoms with Crippen molar-refractivity contribution >= 4 is 45.6 Å². The van der Waals surface area contributed by atoms with Gasteiger partial charge < -0.3 is 44.5 Å². The monoisotopic (exact) mass is 956 g/mol. The van der Waals surface area contributed by atoms with Crippen LogP contribution in [0.5, 0.6) is 5.75 Å². The molecule has 6 rings (SSSR count). The molecule has 0 aliphatic carbocycles. The van der Waals surface area contributed by atoms with E-state index in [0.717, 1.165) is 11.8 Å². The van der Waals surface area contributed by atoms with E-state index >= 15 is 0 Å². The summed E-state index contributed by atoms with van der Waals surface area (Å²) in [6, 6.07) is 10.6. The number of rotatable bonds is 24. The number of anilines is 1. The number of methoxy groups -OCH3 is 1. The summed E-state index contributed by atoms with van der Waals surface area (Å²) in [4.78, 5) is 66.0. The van der Waals surface area contributed by atoms with Crippen LogP contribution in [0.15, 0.2) is 59.3 Å². The number of amides is 2. The van der Waals surface area contributed by atoms with E-state index in [0.29, 0.717) is 98.8 Å². The lowest BCUT2D eigenvalue weighted by molar-refractivity contribution is -0.393. The Labute approximate surface area is 400 Å². The van der Waals surface area contributed by atoms with Crippen molar-refractivity contribution in [3.63, 3.8) is 0 Å². The summed E-state index contributed by atoms with van der Waals surface area (Å²) in [6.45, 7) is 18.6. The van der Waals surface area contributed by atoms with Gasteiger partial charge in [0.2, 0.25) is 5.91 Å². The third kappa shape index (κ3) is 12.9. The van der Waals surface area contributed by atoms with Crippen LogP contribution in [-0.4, -0.2) is 116 Å². The normalized spacial score (nSPS) is 14.4. The smallest absolute Gasteiger partial charge is 0.299 e. The second kappa shape index (κ2) is 21.3. The number of nitro groups is 2. The van der Waals surface area contributed by atoms with Crippen molar-refractivity contribution in [2.24, 2.45) is 0 Å². The van der Waals surface area contributed by atoms with E-state index in [1.54, 1.807) is 27.8 Å². The van der Waals surface area contributed by atoms with Crippen molar-refractivity contribution in [3.05, 3.63) is 92.1 Å². The molecular formula is C48H64N10O11. The fraction of sp³-hybridized carbons (Fsp3) is 0.521. The number of aromatic nitrogens is 4. The van der Waals surface area contributed by atoms with Crippen LogP contribution in [-0.2, 0) is 37.6 Å². The molecule has 4 N–H and O–H groups in total. The molecule has 4 heterocycles. The largest absolute Gasteiger partial charge is 0.496 e. The predicted molar refractivity (Wildman–Crippen MR) is 257 cm³/mol. The molecule has 21 heteroatoms. The Morgan fingerprint density at radius 3 is 2.33 bits per heavy atom. The van der Waals surface area contributed by atoms with Gasteiger partial charge in [-0.05, 0) is 98.1 Å². The SMILES string of the molecule is CCC(C)(CC(=O)NCc1ccc(-c2ccc(OC)c3c(C(=O)C(=O)N4CCNCC4)c[nH]c23)o1)OCCC(C)(C)n1cc(CC(C)(C)OCCC(C)(C)Nc2ccc([N+](=O)[O-])cc2[N+](=O)[O-])nn1. The van der Waals surface area contributed by atoms with Crippen molar-refractivity contribution in [2.45, 2.75) is 116 Å². The lowest BCUT2D eigenvalue weighted by Gasteiger charge is -2.31. The van der Waals surface area contributed by atoms with Crippen LogP contribution in [0.2, 0.25) is 0 Å². The Bertz CT molecular complexity index is 2660. The number of carbonyl (C=O) groups is 3. The van der Waals surface area contributed by atoms with E-state index in [1.165, 1.54) is 25.4 Å². The predicted octanol–water partition coefficient (Wildman–Crippen LogP) is 7.09. The number of aromatic amines is 1. The summed E-state index contributed by atoms with van der Waals surface area (Å²) in [5, 5.41) is 41.4. The molecule has 21 nitrogen and oxygen atoms in total. The zero-order chi connectivity index (χ0) is 50.3. The van der Waals surface area contributed by atoms with Crippen LogP contribution in [0.3, 0.4) is 0 Å². The number of piperazine rings is 1. The van der Waals surface area contributed by atoms with Crippen molar-refractivity contribution in [3.8, 4) is 17.1 Å². The van der Waals surface area contributed by atoms with Crippen LogP contribution in [0, 0.1) is 20.2 Å². The Hall–Kier alpha value is -6.71. The number of hydrogen-bond acceptors (Lipinski definition) is 15. The topological polar surface area (TPSA) is 264 Å². The third-order valence-corrected chi connectivity index (χ3v) is 12.5. The molecule has 2 amide bonds. The van der Waals surface area contributed by atoms with Crippen LogP contribution >= 0.6 is 0 Å². The van der Waals surface area contributed by atoms with Crippen LogP contribution in [0.4, 0.5) is 17.1 Å². The fourth-order valence-electron chi connectivity index (χ4n) is 8.11. The molecule has 0 saturated carbocycles. The van der Waals surface area contributed by atoms with E-state index in [9.17, 15) is 34.6 Å². The minimum absolute atomic E-state index is 0.120. The number of carbonyl (C=O) groups excluding carboxylic acids is 3. The lowest BCUT2D eigenvalue weighted by atomic mass is 9.97. The average Bonchev–Trinajstić information content (AvgIpc) is 4.09. The number of ether oxygens (including phenoxy) is 3. The van der Waals surface area contributed by atoms with Crippen molar-refractivity contribution in [2.75, 3.05) is 51.8 Å². The Morgan fingerprint density at radius 1 is 0.928 bits per heavy atom. The maximum Gasteiger partial charge on any atom is 0.299 e. The quantitative estimate of drug-likeness (QED) is 0.0208. The van der Waals surface area contributed by atoms with Gasteiger partial charge in [-0.25, -0.2) is 4.68 Å². The van der Waals surface area contributed by atoms with Crippen molar-refractivity contribution < 1.29 is 42.9 Å². The van der Waals surface area contributed by atoms with Crippen LogP contribution in [0.25, 0.3) is 22.2 Å². The summed E-state index contributed by atoms with van der Waals surface area (Å²) in [6.07, 6.45) is 5.66. The number of nitro benzene ring substituents is 2. The number of nitrogens with zero attached hydrogens (tertiary/aromatic N) is 6. The lowest BCUT2D eigenvalue weighted by Crippen LogP contribution is -2.48. The van der Waals surface area contributed by atoms with Gasteiger partial charge in [0.25, 0.3) is 23.1 Å². The molecule has 1 atom stereocenters. The highest BCUT2D eigenvalue weighted by Gasteiger charge is 2.32. The summed E-state index contributed by atoms with van der Waals surface area (Å²) in [5.41, 5.74) is -0.844. The summed E-state index contributed by atoms with van der Waals surface area (Å²) >= 11 is 0. The standard InChI is InChI=1S/C48H64N10O11/c1-10-48(8,27-40(59)50-28-33-12-15-38(69-33)34-13-16-39(66-9)41-35(29-51-42(34)41)43(60)44(61)55-21-19-49-20-22-55)68-24-18-46(4,5)56-30-31(53-54-56)26-47(6,7)67-23-17-45(2,3)52-36-14-11-32(57(62)63)25-37(36)58(64)65/h11-16,25,29-30,49,51-52H,10,17-24,26-28H2,1-9H3,(H,50,59). The number of furan rings is 1. The first-order chi connectivity index (χ1) is 32.5. The minimum atomic E-state index is -0.742. The highest BCUT2D eigenvalue weighted by atomic mass is 16.6. The van der Waals surface area contributed by atoms with Gasteiger partial charge in [0, 0.05) is 75.4 Å². The van der Waals surface area contributed by atoms with Gasteiger partial charge in [-0.2, -0.15) is 0 Å². The number of benzene rings is 2. The highest BCUT2D eigenvalue weighted by Crippen LogP contribution is 2.38. The summed E-state index contributed by atoms with van der Waals surface area (Å²) in [7, 11) is 1.51. The van der Waals surface area contributed by atoms with E-state index in [2.05, 4.69) is 31.2 Å². The molecule has 0 radical (unpaired) electrons. The second-order valence-corrected chi connectivity index (χ2v) is 19.5. The molecule has 0 spiro atoms. The van der Waals surface area contributed by atoms with Gasteiger partial charge in [0.05, 0.1) is 74.9 Å². The van der Waals surface area contributed by atoms with Gasteiger partial charge in [-0.1, -0.05) is 12.1 Å². The number of ketones is 1. The maximum atomic E-state index is 13.4. The molecule has 1 fully saturated rings. The number of hydrogen-bond donors (Lipinski definition) is 4.